The van der Waals surface area contributed by atoms with Crippen molar-refractivity contribution in [2.75, 3.05) is 5.32 Å². The molecule has 0 saturated carbocycles. The molecule has 8 nitrogen and oxygen atoms in total. The van der Waals surface area contributed by atoms with Gasteiger partial charge >= 0.3 is 0 Å². The van der Waals surface area contributed by atoms with E-state index in [9.17, 15) is 4.79 Å². The zero-order valence-corrected chi connectivity index (χ0v) is 20.3. The van der Waals surface area contributed by atoms with E-state index in [4.69, 9.17) is 4.52 Å². The van der Waals surface area contributed by atoms with E-state index in [2.05, 4.69) is 36.5 Å². The molecule has 3 aromatic heterocycles. The molecule has 0 radical (unpaired) electrons. The van der Waals surface area contributed by atoms with Gasteiger partial charge in [-0.3, -0.25) is 4.79 Å². The highest BCUT2D eigenvalue weighted by Gasteiger charge is 2.13. The van der Waals surface area contributed by atoms with Crippen LogP contribution in [0.15, 0.2) is 57.5 Å². The number of H-pyrrole nitrogens is 1. The summed E-state index contributed by atoms with van der Waals surface area (Å²) in [5.74, 6) is 1.39. The quantitative estimate of drug-likeness (QED) is 0.274. The maximum atomic E-state index is 12.4. The van der Waals surface area contributed by atoms with Crippen molar-refractivity contribution in [2.24, 2.45) is 0 Å². The Morgan fingerprint density at radius 3 is 2.76 bits per heavy atom. The van der Waals surface area contributed by atoms with E-state index in [0.29, 0.717) is 29.0 Å². The molecule has 2 N–H and O–H groups in total. The normalized spacial score (nSPS) is 11.2. The Morgan fingerprint density at radius 2 is 1.91 bits per heavy atom. The van der Waals surface area contributed by atoms with Gasteiger partial charge in [0, 0.05) is 23.8 Å². The molecule has 0 aliphatic rings. The summed E-state index contributed by atoms with van der Waals surface area (Å²) in [6, 6.07) is 14.2. The zero-order chi connectivity index (χ0) is 23.5. The number of anilines is 1. The van der Waals surface area contributed by atoms with Crippen molar-refractivity contribution in [3.63, 3.8) is 0 Å². The lowest BCUT2D eigenvalue weighted by molar-refractivity contribution is -0.116. The van der Waals surface area contributed by atoms with Gasteiger partial charge in [-0.25, -0.2) is 9.97 Å². The number of imidazole rings is 1. The van der Waals surface area contributed by atoms with Gasteiger partial charge in [-0.1, -0.05) is 52.8 Å². The van der Waals surface area contributed by atoms with Gasteiger partial charge in [-0.2, -0.15) is 4.98 Å². The van der Waals surface area contributed by atoms with E-state index >= 15 is 0 Å². The van der Waals surface area contributed by atoms with Crippen LogP contribution in [0.1, 0.15) is 29.3 Å². The van der Waals surface area contributed by atoms with Gasteiger partial charge in [-0.05, 0) is 31.5 Å². The number of amides is 1. The first kappa shape index (κ1) is 22.3. The van der Waals surface area contributed by atoms with Crippen LogP contribution in [0.5, 0.6) is 0 Å². The molecule has 0 bridgehead atoms. The number of aromatic nitrogens is 5. The van der Waals surface area contributed by atoms with Crippen LogP contribution in [0, 0.1) is 13.8 Å². The maximum absolute atomic E-state index is 12.4. The number of carbonyl (C=O) groups is 1. The average molecular weight is 491 g/mol. The van der Waals surface area contributed by atoms with Crippen LogP contribution in [0.4, 0.5) is 5.13 Å². The third-order valence-electron chi connectivity index (χ3n) is 5.13. The lowest BCUT2D eigenvalue weighted by Crippen LogP contribution is -2.12. The van der Waals surface area contributed by atoms with Crippen molar-refractivity contribution in [2.45, 2.75) is 37.6 Å². The van der Waals surface area contributed by atoms with E-state index in [1.807, 2.05) is 55.6 Å². The summed E-state index contributed by atoms with van der Waals surface area (Å²) in [5.41, 5.74) is 6.18. The minimum absolute atomic E-state index is 0.142. The summed E-state index contributed by atoms with van der Waals surface area (Å²) in [6.07, 6.45) is 0.598. The Morgan fingerprint density at radius 1 is 1.09 bits per heavy atom. The van der Waals surface area contributed by atoms with E-state index in [1.54, 1.807) is 0 Å². The number of nitrogens with zero attached hydrogens (tertiary/aromatic N) is 4. The molecule has 0 aliphatic heterocycles. The maximum Gasteiger partial charge on any atom is 0.227 e. The summed E-state index contributed by atoms with van der Waals surface area (Å²) in [7, 11) is 0. The second-order valence-corrected chi connectivity index (χ2v) is 9.73. The Labute approximate surface area is 204 Å². The molecule has 0 atom stereocenters. The van der Waals surface area contributed by atoms with Gasteiger partial charge < -0.3 is 14.8 Å². The van der Waals surface area contributed by atoms with Gasteiger partial charge in [0.1, 0.15) is 0 Å². The molecule has 5 aromatic rings. The number of benzene rings is 2. The molecule has 0 unspecified atom stereocenters. The standard InChI is InChI=1S/C24H22N6O2S2/c1-14-3-6-16(7-4-14)19-12-33-24(27-19)29-21(31)9-10-22-28-20(30-32-22)13-34-23-25-17-8-5-15(2)11-18(17)26-23/h3-8,11-12H,9-10,13H2,1-2H3,(H,25,26)(H,27,29,31). The molecular formula is C24H22N6O2S2. The smallest absolute Gasteiger partial charge is 0.227 e. The summed E-state index contributed by atoms with van der Waals surface area (Å²) in [4.78, 5) is 29.1. The number of aryl methyl sites for hydroxylation is 3. The predicted molar refractivity (Wildman–Crippen MR) is 134 cm³/mol. The largest absolute Gasteiger partial charge is 0.339 e. The summed E-state index contributed by atoms with van der Waals surface area (Å²) >= 11 is 2.91. The average Bonchev–Trinajstić information content (AvgIpc) is 3.56. The number of thioether (sulfide) groups is 1. The van der Waals surface area contributed by atoms with E-state index < -0.39 is 0 Å². The topological polar surface area (TPSA) is 110 Å². The van der Waals surface area contributed by atoms with Crippen LogP contribution < -0.4 is 5.32 Å². The van der Waals surface area contributed by atoms with E-state index in [-0.39, 0.29) is 12.3 Å². The molecule has 3 heterocycles. The molecular weight excluding hydrogens is 468 g/mol. The molecule has 1 amide bonds. The first-order valence-corrected chi connectivity index (χ1v) is 12.6. The van der Waals surface area contributed by atoms with Crippen molar-refractivity contribution < 1.29 is 9.32 Å². The molecule has 0 aliphatic carbocycles. The Balaban J connectivity index is 1.11. The molecule has 0 saturated heterocycles. The lowest BCUT2D eigenvalue weighted by atomic mass is 10.1. The molecule has 10 heteroatoms. The van der Waals surface area contributed by atoms with Gasteiger partial charge in [0.15, 0.2) is 16.1 Å². The molecule has 34 heavy (non-hydrogen) atoms. The minimum atomic E-state index is -0.142. The van der Waals surface area contributed by atoms with Gasteiger partial charge in [-0.15, -0.1) is 11.3 Å². The summed E-state index contributed by atoms with van der Waals surface area (Å²) < 4.78 is 5.30. The van der Waals surface area contributed by atoms with Crippen LogP contribution in [-0.4, -0.2) is 31.0 Å². The molecule has 172 valence electrons. The fraction of sp³-hybridized carbons (Fsp3) is 0.208. The number of aromatic amines is 1. The van der Waals surface area contributed by atoms with Crippen LogP contribution in [-0.2, 0) is 17.0 Å². The summed E-state index contributed by atoms with van der Waals surface area (Å²) in [5, 5.41) is 10.2. The van der Waals surface area contributed by atoms with Crippen molar-refractivity contribution in [1.29, 1.82) is 0 Å². The SMILES string of the molecule is Cc1ccc(-c2csc(NC(=O)CCc3nc(CSc4nc5ccc(C)cc5[nH]4)no3)n2)cc1. The van der Waals surface area contributed by atoms with Gasteiger partial charge in [0.05, 0.1) is 22.5 Å². The number of fused-ring (bicyclic) bond motifs is 1. The molecule has 5 rings (SSSR count). The Bertz CT molecular complexity index is 1440. The fourth-order valence-corrected chi connectivity index (χ4v) is 4.81. The third kappa shape index (κ3) is 5.35. The van der Waals surface area contributed by atoms with Crippen molar-refractivity contribution in [1.82, 2.24) is 25.1 Å². The number of carbonyl (C=O) groups excluding carboxylic acids is 1. The molecule has 0 spiro atoms. The Hall–Kier alpha value is -3.50. The lowest BCUT2D eigenvalue weighted by Gasteiger charge is -2.00. The van der Waals surface area contributed by atoms with Crippen molar-refractivity contribution in [3.8, 4) is 11.3 Å². The number of rotatable bonds is 8. The summed E-state index contributed by atoms with van der Waals surface area (Å²) in [6.45, 7) is 4.09. The van der Waals surface area contributed by atoms with Gasteiger partial charge in [0.2, 0.25) is 11.8 Å². The predicted octanol–water partition coefficient (Wildman–Crippen LogP) is 5.55. The number of hydrogen-bond donors (Lipinski definition) is 2. The second kappa shape index (κ2) is 9.78. The Kier molecular flexibility index (Phi) is 6.41. The highest BCUT2D eigenvalue weighted by molar-refractivity contribution is 7.98. The highest BCUT2D eigenvalue weighted by Crippen LogP contribution is 2.26. The molecule has 2 aromatic carbocycles. The van der Waals surface area contributed by atoms with Crippen molar-refractivity contribution >= 4 is 45.2 Å². The van der Waals surface area contributed by atoms with Gasteiger partial charge in [0.25, 0.3) is 0 Å². The van der Waals surface area contributed by atoms with E-state index in [1.165, 1.54) is 34.2 Å². The number of nitrogens with one attached hydrogen (secondary N) is 2. The van der Waals surface area contributed by atoms with Crippen molar-refractivity contribution in [3.05, 3.63) is 70.7 Å². The minimum Gasteiger partial charge on any atom is -0.339 e. The first-order valence-electron chi connectivity index (χ1n) is 10.7. The van der Waals surface area contributed by atoms with Crippen LogP contribution in [0.2, 0.25) is 0 Å². The van der Waals surface area contributed by atoms with Crippen LogP contribution in [0.3, 0.4) is 0 Å². The number of hydrogen-bond acceptors (Lipinski definition) is 8. The monoisotopic (exact) mass is 490 g/mol. The highest BCUT2D eigenvalue weighted by atomic mass is 32.2. The zero-order valence-electron chi connectivity index (χ0n) is 18.7. The fourth-order valence-electron chi connectivity index (χ4n) is 3.34. The third-order valence-corrected chi connectivity index (χ3v) is 6.75. The molecule has 0 fully saturated rings. The second-order valence-electron chi connectivity index (χ2n) is 7.91. The number of thiazole rings is 1. The van der Waals surface area contributed by atoms with Crippen LogP contribution in [0.25, 0.3) is 22.3 Å². The van der Waals surface area contributed by atoms with Crippen LogP contribution >= 0.6 is 23.1 Å². The first-order chi connectivity index (χ1) is 16.5. The van der Waals surface area contributed by atoms with E-state index in [0.717, 1.165) is 27.4 Å².